The minimum Gasteiger partial charge on any atom is -0.493 e. The van der Waals surface area contributed by atoms with Gasteiger partial charge in [0.25, 0.3) is 0 Å². The maximum absolute atomic E-state index is 14.9. The molecule has 7 rings (SSSR count). The smallest absolute Gasteiger partial charge is 0.203 e. The van der Waals surface area contributed by atoms with Crippen LogP contribution in [0.1, 0.15) is 48.1 Å². The van der Waals surface area contributed by atoms with Gasteiger partial charge in [0, 0.05) is 38.9 Å². The van der Waals surface area contributed by atoms with Crippen LogP contribution < -0.4 is 19.1 Å². The number of anilines is 1. The van der Waals surface area contributed by atoms with Crippen molar-refractivity contribution in [3.05, 3.63) is 124 Å². The highest BCUT2D eigenvalue weighted by Gasteiger charge is 2.72. The highest BCUT2D eigenvalue weighted by Crippen LogP contribution is 2.63. The Hall–Kier alpha value is -4.88. The summed E-state index contributed by atoms with van der Waals surface area (Å²) in [6, 6.07) is 23.0. The van der Waals surface area contributed by atoms with E-state index in [-0.39, 0.29) is 17.3 Å². The molecule has 3 aliphatic rings. The number of carbonyl (C=O) groups excluding carboxylic acids is 3. The summed E-state index contributed by atoms with van der Waals surface area (Å²) in [5.74, 6) is -0.886. The Morgan fingerprint density at radius 2 is 1.41 bits per heavy atom. The molecule has 1 aliphatic carbocycles. The van der Waals surface area contributed by atoms with Gasteiger partial charge in [-0.05, 0) is 42.0 Å². The van der Waals surface area contributed by atoms with Crippen LogP contribution in [0.3, 0.4) is 0 Å². The van der Waals surface area contributed by atoms with Crippen LogP contribution in [-0.2, 0) is 0 Å². The number of ketones is 3. The molecule has 3 atom stereocenters. The number of halogens is 1. The van der Waals surface area contributed by atoms with Gasteiger partial charge >= 0.3 is 0 Å². The van der Waals surface area contributed by atoms with Crippen LogP contribution >= 0.6 is 11.6 Å². The highest BCUT2D eigenvalue weighted by molar-refractivity contribution is 6.32. The van der Waals surface area contributed by atoms with Crippen molar-refractivity contribution in [2.24, 2.45) is 5.41 Å². The molecule has 0 bridgehead atoms. The van der Waals surface area contributed by atoms with Crippen molar-refractivity contribution in [1.82, 2.24) is 0 Å². The number of methoxy groups -OCH3 is 3. The normalized spacial score (nSPS) is 20.7. The fraction of sp³-hybridized carbons (Fsp3) is 0.194. The molecule has 4 aromatic carbocycles. The summed E-state index contributed by atoms with van der Waals surface area (Å²) in [7, 11) is 4.51. The van der Waals surface area contributed by atoms with E-state index in [0.717, 1.165) is 11.3 Å². The van der Waals surface area contributed by atoms with Gasteiger partial charge in [0.1, 0.15) is 11.5 Å². The van der Waals surface area contributed by atoms with Crippen molar-refractivity contribution in [2.45, 2.75) is 18.0 Å². The van der Waals surface area contributed by atoms with E-state index in [4.69, 9.17) is 25.8 Å². The number of rotatable bonds is 6. The van der Waals surface area contributed by atoms with Gasteiger partial charge in [-0.25, -0.2) is 0 Å². The molecule has 7 nitrogen and oxygen atoms in total. The number of hydrogen-bond donors (Lipinski definition) is 0. The summed E-state index contributed by atoms with van der Waals surface area (Å²) in [5, 5.41) is 0.489. The lowest BCUT2D eigenvalue weighted by Crippen LogP contribution is -2.48. The van der Waals surface area contributed by atoms with Gasteiger partial charge in [0.05, 0.1) is 27.4 Å². The van der Waals surface area contributed by atoms with E-state index in [1.54, 1.807) is 60.7 Å². The van der Waals surface area contributed by atoms with E-state index < -0.39 is 23.4 Å². The lowest BCUT2D eigenvalue weighted by Gasteiger charge is -2.37. The molecule has 8 heteroatoms. The number of Topliss-reactive ketones (excluding diaryl/α,β-unsaturated/α-hetero) is 3. The Kier molecular flexibility index (Phi) is 6.59. The molecular weight excluding hydrogens is 578 g/mol. The molecule has 0 unspecified atom stereocenters. The largest absolute Gasteiger partial charge is 0.493 e. The summed E-state index contributed by atoms with van der Waals surface area (Å²) in [5.41, 5.74) is 1.53. The Morgan fingerprint density at radius 3 is 2.05 bits per heavy atom. The molecule has 0 amide bonds. The van der Waals surface area contributed by atoms with Crippen molar-refractivity contribution in [1.29, 1.82) is 0 Å². The Bertz CT molecular complexity index is 1850. The maximum Gasteiger partial charge on any atom is 0.203 e. The molecule has 0 saturated carbocycles. The zero-order chi connectivity index (χ0) is 30.7. The molecule has 0 radical (unpaired) electrons. The first kappa shape index (κ1) is 27.9. The van der Waals surface area contributed by atoms with E-state index in [1.807, 2.05) is 41.3 Å². The lowest BCUT2D eigenvalue weighted by molar-refractivity contribution is 0.0664. The average molecular weight is 606 g/mol. The molecule has 1 spiro atoms. The predicted molar refractivity (Wildman–Crippen MR) is 168 cm³/mol. The van der Waals surface area contributed by atoms with Gasteiger partial charge < -0.3 is 19.1 Å². The topological polar surface area (TPSA) is 82.1 Å². The molecular formula is C36H28ClNO6. The van der Waals surface area contributed by atoms with Crippen molar-refractivity contribution in [3.63, 3.8) is 0 Å². The van der Waals surface area contributed by atoms with Gasteiger partial charge in [-0.1, -0.05) is 72.3 Å². The van der Waals surface area contributed by atoms with Crippen molar-refractivity contribution in [3.8, 4) is 17.2 Å². The number of fused-ring (bicyclic) bond motifs is 5. The summed E-state index contributed by atoms with van der Waals surface area (Å²) in [6.45, 7) is 0. The Balaban J connectivity index is 1.59. The number of ether oxygens (including phenoxy) is 3. The Morgan fingerprint density at radius 1 is 0.773 bits per heavy atom. The quantitative estimate of drug-likeness (QED) is 0.179. The molecule has 44 heavy (non-hydrogen) atoms. The summed E-state index contributed by atoms with van der Waals surface area (Å²) in [6.07, 6.45) is 3.82. The molecule has 4 aromatic rings. The third-order valence-corrected chi connectivity index (χ3v) is 9.43. The van der Waals surface area contributed by atoms with E-state index in [9.17, 15) is 14.4 Å². The van der Waals surface area contributed by atoms with Gasteiger partial charge in [-0.3, -0.25) is 14.4 Å². The fourth-order valence-corrected chi connectivity index (χ4v) is 7.54. The monoisotopic (exact) mass is 605 g/mol. The maximum atomic E-state index is 14.9. The highest BCUT2D eigenvalue weighted by atomic mass is 35.5. The third kappa shape index (κ3) is 3.65. The second-order valence-electron chi connectivity index (χ2n) is 11.1. The van der Waals surface area contributed by atoms with Crippen LogP contribution in [-0.4, -0.2) is 50.8 Å². The van der Waals surface area contributed by atoms with Crippen LogP contribution in [0.25, 0.3) is 6.08 Å². The van der Waals surface area contributed by atoms with Crippen molar-refractivity contribution < 1.29 is 28.6 Å². The molecule has 2 heterocycles. The summed E-state index contributed by atoms with van der Waals surface area (Å²) >= 11 is 6.21. The number of benzene rings is 4. The fourth-order valence-electron chi connectivity index (χ4n) is 7.41. The van der Waals surface area contributed by atoms with Crippen LogP contribution in [0.15, 0.2) is 91.0 Å². The van der Waals surface area contributed by atoms with Gasteiger partial charge in [-0.15, -0.1) is 0 Å². The first-order chi connectivity index (χ1) is 21.4. The van der Waals surface area contributed by atoms with Gasteiger partial charge in [0.2, 0.25) is 5.75 Å². The molecule has 0 aromatic heterocycles. The standard InChI is InChI=1S/C36H28ClNO6/c1-42-27-18-17-25(32(43-2)33(27)44-3)29-30(31(39)21-12-15-22(37)16-13-21)38-26-11-7-4-8-20(26)14-19-28(38)36(29)34(40)23-9-5-6-10-24(23)35(36)41/h4-19,28-30H,1-3H3/t28-,29+,30-/m0/s1. The average Bonchev–Trinajstić information content (AvgIpc) is 3.49. The number of hydrogen-bond acceptors (Lipinski definition) is 7. The number of nitrogens with zero attached hydrogens (tertiary/aromatic N) is 1. The Labute approximate surface area is 259 Å². The zero-order valence-corrected chi connectivity index (χ0v) is 25.0. The van der Waals surface area contributed by atoms with E-state index in [0.29, 0.717) is 44.5 Å². The van der Waals surface area contributed by atoms with Crippen molar-refractivity contribution >= 4 is 40.7 Å². The van der Waals surface area contributed by atoms with Crippen LogP contribution in [0.2, 0.25) is 5.02 Å². The van der Waals surface area contributed by atoms with E-state index >= 15 is 0 Å². The minimum absolute atomic E-state index is 0.257. The molecule has 1 fully saturated rings. The number of carbonyl (C=O) groups is 3. The molecule has 220 valence electrons. The van der Waals surface area contributed by atoms with Crippen LogP contribution in [0.5, 0.6) is 17.2 Å². The summed E-state index contributed by atoms with van der Waals surface area (Å²) < 4.78 is 17.3. The molecule has 1 saturated heterocycles. The van der Waals surface area contributed by atoms with Crippen molar-refractivity contribution in [2.75, 3.05) is 26.2 Å². The van der Waals surface area contributed by atoms with Crippen LogP contribution in [0, 0.1) is 5.41 Å². The first-order valence-corrected chi connectivity index (χ1v) is 14.6. The SMILES string of the molecule is COc1ccc([C@@H]2[C@@H](C(=O)c3ccc(Cl)cc3)N3c4ccccc4C=C[C@H]3C23C(=O)c2ccccc2C3=O)c(OC)c1OC. The lowest BCUT2D eigenvalue weighted by atomic mass is 9.64. The van der Waals surface area contributed by atoms with E-state index in [1.165, 1.54) is 21.3 Å². The summed E-state index contributed by atoms with van der Waals surface area (Å²) in [4.78, 5) is 46.6. The second kappa shape index (κ2) is 10.4. The number of para-hydroxylation sites is 1. The van der Waals surface area contributed by atoms with Gasteiger partial charge in [-0.2, -0.15) is 0 Å². The zero-order valence-electron chi connectivity index (χ0n) is 24.2. The molecule has 2 aliphatic heterocycles. The minimum atomic E-state index is -1.69. The van der Waals surface area contributed by atoms with Gasteiger partial charge in [0.15, 0.2) is 28.8 Å². The predicted octanol–water partition coefficient (Wildman–Crippen LogP) is 6.68. The van der Waals surface area contributed by atoms with E-state index in [2.05, 4.69) is 0 Å². The van der Waals surface area contributed by atoms with Crippen LogP contribution in [0.4, 0.5) is 5.69 Å². The second-order valence-corrected chi connectivity index (χ2v) is 11.5. The molecule has 0 N–H and O–H groups in total. The first-order valence-electron chi connectivity index (χ1n) is 14.2. The third-order valence-electron chi connectivity index (χ3n) is 9.18.